The van der Waals surface area contributed by atoms with Gasteiger partial charge < -0.3 is 10.5 Å². The maximum absolute atomic E-state index is 11.5. The maximum atomic E-state index is 11.5. The summed E-state index contributed by atoms with van der Waals surface area (Å²) in [6.45, 7) is 11.8. The number of esters is 1. The first-order chi connectivity index (χ1) is 6.16. The van der Waals surface area contributed by atoms with Crippen molar-refractivity contribution in [1.29, 1.82) is 0 Å². The number of carbonyl (C=O) groups excluding carboxylic acids is 1. The normalized spacial score (nSPS) is 16.6. The molecule has 0 amide bonds. The molecule has 0 aliphatic carbocycles. The highest BCUT2D eigenvalue weighted by molar-refractivity contribution is 5.75. The van der Waals surface area contributed by atoms with Gasteiger partial charge >= 0.3 is 5.97 Å². The van der Waals surface area contributed by atoms with Gasteiger partial charge in [-0.25, -0.2) is 0 Å². The third-order valence-electron chi connectivity index (χ3n) is 2.50. The number of hydrogen-bond donors (Lipinski definition) is 1. The van der Waals surface area contributed by atoms with E-state index in [1.54, 1.807) is 0 Å². The fraction of sp³-hybridized carbons (Fsp3) is 0.909. The summed E-state index contributed by atoms with van der Waals surface area (Å²) in [5.74, 6) is -0.183. The average Bonchev–Trinajstić information content (AvgIpc) is 2.00. The van der Waals surface area contributed by atoms with E-state index in [1.807, 2.05) is 41.5 Å². The molecule has 1 unspecified atom stereocenters. The zero-order valence-electron chi connectivity index (χ0n) is 10.1. The van der Waals surface area contributed by atoms with Crippen LogP contribution in [0, 0.1) is 11.3 Å². The first kappa shape index (κ1) is 13.4. The molecule has 0 bridgehead atoms. The molecule has 0 aromatic rings. The Labute approximate surface area is 87.0 Å². The monoisotopic (exact) mass is 201 g/mol. The van der Waals surface area contributed by atoms with Gasteiger partial charge in [0.1, 0.15) is 12.1 Å². The summed E-state index contributed by atoms with van der Waals surface area (Å²) in [7, 11) is 0. The van der Waals surface area contributed by atoms with Crippen molar-refractivity contribution in [2.75, 3.05) is 0 Å². The Hall–Kier alpha value is -0.570. The topological polar surface area (TPSA) is 52.3 Å². The number of nitrogens with two attached hydrogens (primary N) is 1. The SMILES string of the molecule is CC(C)C(N)C(=O)O[C@H](C)C(C)(C)C. The van der Waals surface area contributed by atoms with Crippen LogP contribution in [0.5, 0.6) is 0 Å². The molecule has 0 heterocycles. The quantitative estimate of drug-likeness (QED) is 0.710. The molecule has 2 atom stereocenters. The zero-order chi connectivity index (χ0) is 11.5. The maximum Gasteiger partial charge on any atom is 0.323 e. The van der Waals surface area contributed by atoms with E-state index in [1.165, 1.54) is 0 Å². The van der Waals surface area contributed by atoms with E-state index in [0.29, 0.717) is 0 Å². The van der Waals surface area contributed by atoms with Crippen LogP contribution in [0.3, 0.4) is 0 Å². The molecule has 3 heteroatoms. The minimum atomic E-state index is -0.514. The standard InChI is InChI=1S/C11H23NO2/c1-7(2)9(12)10(13)14-8(3)11(4,5)6/h7-9H,12H2,1-6H3/t8-,9?/m1/s1. The van der Waals surface area contributed by atoms with Crippen LogP contribution in [0.4, 0.5) is 0 Å². The van der Waals surface area contributed by atoms with Crippen molar-refractivity contribution >= 4 is 5.97 Å². The van der Waals surface area contributed by atoms with Gasteiger partial charge in [0.05, 0.1) is 0 Å². The second kappa shape index (κ2) is 4.78. The first-order valence-electron chi connectivity index (χ1n) is 5.12. The molecule has 0 saturated carbocycles. The molecule has 0 aliphatic rings. The molecular formula is C11H23NO2. The van der Waals surface area contributed by atoms with Crippen LogP contribution in [-0.2, 0) is 9.53 Å². The van der Waals surface area contributed by atoms with Crippen molar-refractivity contribution < 1.29 is 9.53 Å². The number of hydrogen-bond acceptors (Lipinski definition) is 3. The fourth-order valence-electron chi connectivity index (χ4n) is 0.702. The van der Waals surface area contributed by atoms with Crippen molar-refractivity contribution in [2.24, 2.45) is 17.1 Å². The van der Waals surface area contributed by atoms with Crippen LogP contribution >= 0.6 is 0 Å². The highest BCUT2D eigenvalue weighted by atomic mass is 16.5. The zero-order valence-corrected chi connectivity index (χ0v) is 10.1. The van der Waals surface area contributed by atoms with E-state index in [9.17, 15) is 4.79 Å². The van der Waals surface area contributed by atoms with Gasteiger partial charge in [0.25, 0.3) is 0 Å². The Balaban J connectivity index is 4.20. The van der Waals surface area contributed by atoms with Gasteiger partial charge in [-0.15, -0.1) is 0 Å². The highest BCUT2D eigenvalue weighted by Crippen LogP contribution is 2.22. The lowest BCUT2D eigenvalue weighted by atomic mass is 9.90. The molecule has 84 valence electrons. The van der Waals surface area contributed by atoms with Gasteiger partial charge in [0, 0.05) is 0 Å². The molecule has 0 fully saturated rings. The summed E-state index contributed by atoms with van der Waals surface area (Å²) in [6.07, 6.45) is -0.111. The Morgan fingerprint density at radius 1 is 1.21 bits per heavy atom. The predicted molar refractivity (Wildman–Crippen MR) is 57.8 cm³/mol. The van der Waals surface area contributed by atoms with Crippen molar-refractivity contribution in [1.82, 2.24) is 0 Å². The summed E-state index contributed by atoms with van der Waals surface area (Å²) in [4.78, 5) is 11.5. The minimum Gasteiger partial charge on any atom is -0.461 e. The van der Waals surface area contributed by atoms with Gasteiger partial charge in [0.15, 0.2) is 0 Å². The molecule has 0 rings (SSSR count). The molecule has 0 aromatic heterocycles. The van der Waals surface area contributed by atoms with Crippen LogP contribution in [0.1, 0.15) is 41.5 Å². The van der Waals surface area contributed by atoms with Crippen LogP contribution in [0.15, 0.2) is 0 Å². The largest absolute Gasteiger partial charge is 0.461 e. The molecular weight excluding hydrogens is 178 g/mol. The molecule has 0 radical (unpaired) electrons. The van der Waals surface area contributed by atoms with E-state index in [2.05, 4.69) is 0 Å². The summed E-state index contributed by atoms with van der Waals surface area (Å²) < 4.78 is 5.27. The second-order valence-electron chi connectivity index (χ2n) is 5.21. The van der Waals surface area contributed by atoms with Gasteiger partial charge in [-0.2, -0.15) is 0 Å². The van der Waals surface area contributed by atoms with E-state index >= 15 is 0 Å². The summed E-state index contributed by atoms with van der Waals surface area (Å²) >= 11 is 0. The summed E-state index contributed by atoms with van der Waals surface area (Å²) in [5, 5.41) is 0. The molecule has 0 saturated heterocycles. The Kier molecular flexibility index (Phi) is 4.59. The molecule has 0 spiro atoms. The Morgan fingerprint density at radius 2 is 1.64 bits per heavy atom. The third-order valence-corrected chi connectivity index (χ3v) is 2.50. The van der Waals surface area contributed by atoms with Gasteiger partial charge in [-0.1, -0.05) is 34.6 Å². The smallest absolute Gasteiger partial charge is 0.323 e. The van der Waals surface area contributed by atoms with Crippen LogP contribution in [0.2, 0.25) is 0 Å². The van der Waals surface area contributed by atoms with Crippen LogP contribution in [-0.4, -0.2) is 18.1 Å². The van der Waals surface area contributed by atoms with Crippen molar-refractivity contribution in [2.45, 2.75) is 53.7 Å². The van der Waals surface area contributed by atoms with E-state index in [-0.39, 0.29) is 23.4 Å². The fourth-order valence-corrected chi connectivity index (χ4v) is 0.702. The van der Waals surface area contributed by atoms with E-state index in [4.69, 9.17) is 10.5 Å². The van der Waals surface area contributed by atoms with Crippen LogP contribution in [0.25, 0.3) is 0 Å². The molecule has 3 nitrogen and oxygen atoms in total. The van der Waals surface area contributed by atoms with Gasteiger partial charge in [-0.05, 0) is 18.3 Å². The van der Waals surface area contributed by atoms with Gasteiger partial charge in [-0.3, -0.25) is 4.79 Å². The molecule has 14 heavy (non-hydrogen) atoms. The molecule has 0 aliphatic heterocycles. The van der Waals surface area contributed by atoms with E-state index in [0.717, 1.165) is 0 Å². The second-order valence-corrected chi connectivity index (χ2v) is 5.21. The lowest BCUT2D eigenvalue weighted by Crippen LogP contribution is -2.41. The van der Waals surface area contributed by atoms with Crippen molar-refractivity contribution in [3.05, 3.63) is 0 Å². The number of carbonyl (C=O) groups is 1. The average molecular weight is 201 g/mol. The van der Waals surface area contributed by atoms with Crippen molar-refractivity contribution in [3.8, 4) is 0 Å². The minimum absolute atomic E-state index is 0.0354. The van der Waals surface area contributed by atoms with Crippen molar-refractivity contribution in [3.63, 3.8) is 0 Å². The van der Waals surface area contributed by atoms with Gasteiger partial charge in [0.2, 0.25) is 0 Å². The third kappa shape index (κ3) is 4.09. The summed E-state index contributed by atoms with van der Waals surface area (Å²) in [6, 6.07) is -0.514. The summed E-state index contributed by atoms with van der Waals surface area (Å²) in [5.41, 5.74) is 5.64. The Bertz CT molecular complexity index is 194. The highest BCUT2D eigenvalue weighted by Gasteiger charge is 2.27. The number of rotatable bonds is 3. The predicted octanol–water partition coefficient (Wildman–Crippen LogP) is 1.95. The Morgan fingerprint density at radius 3 is 1.93 bits per heavy atom. The lowest BCUT2D eigenvalue weighted by Gasteiger charge is -2.28. The molecule has 2 N–H and O–H groups in total. The van der Waals surface area contributed by atoms with Crippen LogP contribution < -0.4 is 5.73 Å². The lowest BCUT2D eigenvalue weighted by molar-refractivity contribution is -0.156. The molecule has 0 aromatic carbocycles. The van der Waals surface area contributed by atoms with E-state index < -0.39 is 6.04 Å². The number of ether oxygens (including phenoxy) is 1. The first-order valence-corrected chi connectivity index (χ1v) is 5.12.